The first-order valence-electron chi connectivity index (χ1n) is 10.6. The molecule has 0 saturated heterocycles. The summed E-state index contributed by atoms with van der Waals surface area (Å²) in [5.41, 5.74) is 1.99. The van der Waals surface area contributed by atoms with Crippen LogP contribution in [0.15, 0.2) is 0 Å². The Bertz CT molecular complexity index is 465. The Morgan fingerprint density at radius 3 is 0.615 bits per heavy atom. The van der Waals surface area contributed by atoms with Gasteiger partial charge in [-0.2, -0.15) is 0 Å². The highest BCUT2D eigenvalue weighted by molar-refractivity contribution is 7.90. The van der Waals surface area contributed by atoms with E-state index in [9.17, 15) is 0 Å². The van der Waals surface area contributed by atoms with Crippen LogP contribution in [0, 0.1) is 0 Å². The van der Waals surface area contributed by atoms with E-state index in [0.717, 1.165) is 11.1 Å². The lowest BCUT2D eigenvalue weighted by Gasteiger charge is -2.53. The fourth-order valence-corrected chi connectivity index (χ4v) is 197. The van der Waals surface area contributed by atoms with Crippen molar-refractivity contribution in [3.63, 3.8) is 0 Å². The van der Waals surface area contributed by atoms with Crippen LogP contribution in [0.2, 0.25) is 89.6 Å². The number of hydrogen-bond donors (Lipinski definition) is 0. The molecule has 0 fully saturated rings. The molecule has 0 aliphatic heterocycles. The molecule has 0 amide bonds. The summed E-state index contributed by atoms with van der Waals surface area (Å²) in [6.07, 6.45) is 0. The third-order valence-electron chi connectivity index (χ3n) is 6.92. The normalized spacial score (nSPS) is 15.3. The van der Waals surface area contributed by atoms with Crippen LogP contribution in [0.25, 0.3) is 0 Å². The van der Waals surface area contributed by atoms with E-state index in [0.29, 0.717) is 0 Å². The van der Waals surface area contributed by atoms with Crippen molar-refractivity contribution in [1.29, 1.82) is 0 Å². The Morgan fingerprint density at radius 2 is 0.538 bits per heavy atom. The molecular formula is C18H50Si8. The summed E-state index contributed by atoms with van der Waals surface area (Å²) in [6.45, 7) is 41.3. The van der Waals surface area contributed by atoms with Gasteiger partial charge in [-0.05, 0) is 11.1 Å². The van der Waals surface area contributed by atoms with Crippen LogP contribution in [-0.2, 0) is 0 Å². The molecule has 0 spiro atoms. The minimum Gasteiger partial charge on any atom is -0.0849 e. The molecule has 0 nitrogen and oxygen atoms in total. The first-order chi connectivity index (χ1) is 11.1. The molecule has 0 saturated carbocycles. The smallest absolute Gasteiger partial charge is 0.0849 e. The molecule has 26 heavy (non-hydrogen) atoms. The van der Waals surface area contributed by atoms with Gasteiger partial charge in [0.05, 0.1) is 13.3 Å². The van der Waals surface area contributed by atoms with E-state index in [1.54, 1.807) is 0 Å². The second-order valence-electron chi connectivity index (χ2n) is 13.2. The zero-order valence-electron chi connectivity index (χ0n) is 21.2. The Labute approximate surface area is 176 Å². The van der Waals surface area contributed by atoms with Gasteiger partial charge < -0.3 is 0 Å². The van der Waals surface area contributed by atoms with Crippen molar-refractivity contribution in [1.82, 2.24) is 0 Å². The van der Waals surface area contributed by atoms with Crippen LogP contribution < -0.4 is 0 Å². The Balaban J connectivity index is 7.14. The highest BCUT2D eigenvalue weighted by Crippen LogP contribution is 2.38. The second-order valence-corrected chi connectivity index (χ2v) is 84.4. The van der Waals surface area contributed by atoms with Crippen molar-refractivity contribution in [2.24, 2.45) is 0 Å². The number of hydrogen-bond acceptors (Lipinski definition) is 0. The van der Waals surface area contributed by atoms with Gasteiger partial charge in [-0.1, -0.05) is 122 Å². The summed E-state index contributed by atoms with van der Waals surface area (Å²) in [4.78, 5) is 0. The lowest BCUT2D eigenvalue weighted by molar-refractivity contribution is 1.05. The molecule has 0 unspecified atom stereocenters. The van der Waals surface area contributed by atoms with Gasteiger partial charge >= 0.3 is 0 Å². The van der Waals surface area contributed by atoms with Crippen molar-refractivity contribution in [2.45, 2.75) is 117 Å². The minimum absolute atomic E-state index is 0.994. The summed E-state index contributed by atoms with van der Waals surface area (Å²) in [5, 5.41) is 0. The third kappa shape index (κ3) is 4.89. The monoisotopic (exact) mass is 490 g/mol. The molecule has 8 heteroatoms. The molecule has 0 aliphatic carbocycles. The fraction of sp³-hybridized carbons (Fsp3) is 1.00. The van der Waals surface area contributed by atoms with Gasteiger partial charge in [0, 0.05) is 30.4 Å². The van der Waals surface area contributed by atoms with E-state index in [1.807, 2.05) is 0 Å². The van der Waals surface area contributed by atoms with Crippen LogP contribution in [0.3, 0.4) is 0 Å². The zero-order chi connectivity index (χ0) is 21.6. The highest BCUT2D eigenvalue weighted by Gasteiger charge is 2.58. The van der Waals surface area contributed by atoms with Gasteiger partial charge in [-0.25, -0.2) is 0 Å². The molecule has 0 aliphatic rings. The van der Waals surface area contributed by atoms with Crippen LogP contribution in [0.5, 0.6) is 0 Å². The molecule has 0 N–H and O–H groups in total. The fourth-order valence-electron chi connectivity index (χ4n) is 6.95. The largest absolute Gasteiger partial charge is 0.0873 e. The van der Waals surface area contributed by atoms with Crippen molar-refractivity contribution >= 4 is 59.5 Å². The van der Waals surface area contributed by atoms with E-state index < -0.39 is 43.6 Å². The van der Waals surface area contributed by atoms with Crippen LogP contribution in [-0.4, -0.2) is 59.5 Å². The van der Waals surface area contributed by atoms with Crippen LogP contribution in [0.4, 0.5) is 0 Å². The average Bonchev–Trinajstić information content (AvgIpc) is 2.25. The summed E-state index contributed by atoms with van der Waals surface area (Å²) >= 11 is 0. The molecule has 0 radical (unpaired) electrons. The van der Waals surface area contributed by atoms with Crippen molar-refractivity contribution < 1.29 is 0 Å². The summed E-state index contributed by atoms with van der Waals surface area (Å²) in [5.74, 6) is 0. The molecule has 0 aromatic carbocycles. The summed E-state index contributed by atoms with van der Waals surface area (Å²) in [6, 6.07) is 0. The first kappa shape index (κ1) is 27.7. The maximum absolute atomic E-state index is 2.76. The van der Waals surface area contributed by atoms with E-state index in [1.165, 1.54) is 15.9 Å². The Hall–Kier alpha value is 1.74. The van der Waals surface area contributed by atoms with Gasteiger partial charge in [-0.15, -0.1) is 0 Å². The summed E-state index contributed by atoms with van der Waals surface area (Å²) in [7, 11) is -1.68. The maximum Gasteiger partial charge on any atom is 0.0873 e. The summed E-state index contributed by atoms with van der Waals surface area (Å²) < 4.78 is 0. The van der Waals surface area contributed by atoms with Crippen molar-refractivity contribution in [3.8, 4) is 0 Å². The quantitative estimate of drug-likeness (QED) is 0.364. The minimum atomic E-state index is -1.19. The predicted molar refractivity (Wildman–Crippen MR) is 147 cm³/mol. The molecule has 154 valence electrons. The van der Waals surface area contributed by atoms with Gasteiger partial charge in [0.25, 0.3) is 0 Å². The van der Waals surface area contributed by atoms with Crippen LogP contribution >= 0.6 is 0 Å². The predicted octanol–water partition coefficient (Wildman–Crippen LogP) is 6.69. The molecule has 0 aromatic rings. The Kier molecular flexibility index (Phi) is 9.03. The molecule has 0 aromatic heterocycles. The average molecular weight is 491 g/mol. The van der Waals surface area contributed by atoms with Gasteiger partial charge in [0.1, 0.15) is 0 Å². The van der Waals surface area contributed by atoms with Crippen LogP contribution in [0.1, 0.15) is 27.7 Å². The molecule has 0 rings (SSSR count). The molecule has 0 atom stereocenters. The standard InChI is InChI=1S/C18H50Si8/c1-17(2)25(21(5,6)7,22(8,9)10)19-20-26(18(3)4,23(11,12)13)24(14,15)16/h17-18H,1-16H3. The SMILES string of the molecule is CC(C)[Si]([Si]#[Si][Si](C(C)C)([Si](C)(C)C)[Si](C)(C)C)([Si](C)(C)C)[Si](C)(C)C. The van der Waals surface area contributed by atoms with Gasteiger partial charge in [0.15, 0.2) is 0 Å². The topological polar surface area (TPSA) is 0 Å². The lowest BCUT2D eigenvalue weighted by Crippen LogP contribution is -2.78. The van der Waals surface area contributed by atoms with E-state index in [4.69, 9.17) is 0 Å². The van der Waals surface area contributed by atoms with E-state index in [-0.39, 0.29) is 0 Å². The molecule has 0 bridgehead atoms. The Morgan fingerprint density at radius 1 is 0.385 bits per heavy atom. The molecule has 0 heterocycles. The van der Waals surface area contributed by atoms with E-state index >= 15 is 0 Å². The van der Waals surface area contributed by atoms with Crippen molar-refractivity contribution in [2.75, 3.05) is 0 Å². The lowest BCUT2D eigenvalue weighted by atomic mass is 10.6. The molecular weight excluding hydrogens is 441 g/mol. The maximum atomic E-state index is 2.76. The first-order valence-corrected chi connectivity index (χ1v) is 37.8. The number of rotatable bonds is 6. The van der Waals surface area contributed by atoms with Gasteiger partial charge in [0.2, 0.25) is 0 Å². The van der Waals surface area contributed by atoms with Gasteiger partial charge in [-0.3, -0.25) is 0 Å². The highest BCUT2D eigenvalue weighted by atomic mass is 30.0. The third-order valence-corrected chi connectivity index (χ3v) is 141. The van der Waals surface area contributed by atoms with Crippen molar-refractivity contribution in [3.05, 3.63) is 0 Å². The zero-order valence-corrected chi connectivity index (χ0v) is 29.2. The second kappa shape index (κ2) is 8.47. The van der Waals surface area contributed by atoms with E-state index in [2.05, 4.69) is 106 Å².